The van der Waals surface area contributed by atoms with Crippen molar-refractivity contribution in [2.24, 2.45) is 0 Å². The van der Waals surface area contributed by atoms with Gasteiger partial charge in [0.25, 0.3) is 5.69 Å². The van der Waals surface area contributed by atoms with E-state index in [1.54, 1.807) is 26.0 Å². The van der Waals surface area contributed by atoms with Crippen molar-refractivity contribution in [3.8, 4) is 0 Å². The van der Waals surface area contributed by atoms with E-state index in [1.165, 1.54) is 12.1 Å². The predicted octanol–water partition coefficient (Wildman–Crippen LogP) is 1.56. The first-order chi connectivity index (χ1) is 10.9. The second-order valence-corrected chi connectivity index (χ2v) is 5.90. The number of hydrogen-bond donors (Lipinski definition) is 0. The van der Waals surface area contributed by atoms with Gasteiger partial charge >= 0.3 is 0 Å². The van der Waals surface area contributed by atoms with Crippen LogP contribution in [-0.2, 0) is 30.3 Å². The Kier molecular flexibility index (Phi) is 4.15. The molecule has 1 aromatic carbocycles. The topological polar surface area (TPSA) is 97.1 Å². The van der Waals surface area contributed by atoms with E-state index in [2.05, 4.69) is 0 Å². The predicted molar refractivity (Wildman–Crippen MR) is 76.4 cm³/mol. The van der Waals surface area contributed by atoms with Crippen molar-refractivity contribution in [1.82, 2.24) is 0 Å². The maximum Gasteiger partial charge on any atom is 0.269 e. The largest absolute Gasteiger partial charge is 0.367 e. The van der Waals surface area contributed by atoms with Gasteiger partial charge in [-0.2, -0.15) is 0 Å². The van der Waals surface area contributed by atoms with Crippen LogP contribution in [0.4, 0.5) is 5.69 Å². The molecule has 4 atom stereocenters. The van der Waals surface area contributed by atoms with Crippen LogP contribution in [0, 0.1) is 10.1 Å². The number of carbonyl (C=O) groups excluding carboxylic acids is 1. The maximum absolute atomic E-state index is 11.1. The minimum Gasteiger partial charge on any atom is -0.367 e. The third-order valence-electron chi connectivity index (χ3n) is 3.75. The molecular formula is C15H17NO7. The molecule has 0 radical (unpaired) electrons. The van der Waals surface area contributed by atoms with Gasteiger partial charge in [0.1, 0.15) is 18.3 Å². The molecule has 0 aliphatic carbocycles. The summed E-state index contributed by atoms with van der Waals surface area (Å²) in [6.45, 7) is 3.71. The fourth-order valence-electron chi connectivity index (χ4n) is 2.71. The van der Waals surface area contributed by atoms with E-state index >= 15 is 0 Å². The average molecular weight is 323 g/mol. The molecule has 124 valence electrons. The van der Waals surface area contributed by atoms with Crippen molar-refractivity contribution in [2.45, 2.75) is 50.8 Å². The molecule has 0 N–H and O–H groups in total. The van der Waals surface area contributed by atoms with E-state index in [-0.39, 0.29) is 12.3 Å². The molecule has 8 nitrogen and oxygen atoms in total. The van der Waals surface area contributed by atoms with Crippen LogP contribution in [0.25, 0.3) is 0 Å². The number of carbonyl (C=O) groups is 1. The van der Waals surface area contributed by atoms with Crippen LogP contribution in [-0.4, -0.2) is 41.6 Å². The Morgan fingerprint density at radius 2 is 2.00 bits per heavy atom. The third kappa shape index (κ3) is 3.25. The highest BCUT2D eigenvalue weighted by Crippen LogP contribution is 2.38. The van der Waals surface area contributed by atoms with E-state index in [4.69, 9.17) is 18.9 Å². The van der Waals surface area contributed by atoms with Crippen LogP contribution in [0.3, 0.4) is 0 Å². The van der Waals surface area contributed by atoms with Gasteiger partial charge in [-0.05, 0) is 31.5 Å². The molecular weight excluding hydrogens is 306 g/mol. The van der Waals surface area contributed by atoms with Crippen LogP contribution < -0.4 is 0 Å². The SMILES string of the molecule is CC1(C)O[C@H]2O[C@H](C=O)[C@H](OCc3ccc([N+](=O)[O-])cc3)[C@H]2O1. The van der Waals surface area contributed by atoms with Gasteiger partial charge in [0.05, 0.1) is 11.5 Å². The molecule has 2 aliphatic rings. The van der Waals surface area contributed by atoms with E-state index < -0.39 is 35.3 Å². The van der Waals surface area contributed by atoms with Gasteiger partial charge in [-0.1, -0.05) is 0 Å². The second-order valence-electron chi connectivity index (χ2n) is 5.90. The van der Waals surface area contributed by atoms with Gasteiger partial charge < -0.3 is 23.7 Å². The molecule has 0 saturated carbocycles. The molecule has 3 rings (SSSR count). The van der Waals surface area contributed by atoms with Crippen molar-refractivity contribution in [2.75, 3.05) is 0 Å². The maximum atomic E-state index is 11.1. The van der Waals surface area contributed by atoms with Crippen molar-refractivity contribution < 1.29 is 28.7 Å². The molecule has 0 unspecified atom stereocenters. The number of nitro benzene ring substituents is 1. The van der Waals surface area contributed by atoms with Crippen LogP contribution in [0.5, 0.6) is 0 Å². The number of aldehydes is 1. The van der Waals surface area contributed by atoms with Crippen molar-refractivity contribution in [3.05, 3.63) is 39.9 Å². The zero-order valence-electron chi connectivity index (χ0n) is 12.7. The Morgan fingerprint density at radius 1 is 1.30 bits per heavy atom. The molecule has 2 aliphatic heterocycles. The molecule has 0 spiro atoms. The van der Waals surface area contributed by atoms with Gasteiger partial charge in [0, 0.05) is 12.1 Å². The van der Waals surface area contributed by atoms with Crippen LogP contribution in [0.1, 0.15) is 19.4 Å². The quantitative estimate of drug-likeness (QED) is 0.461. The number of nitro groups is 1. The molecule has 2 fully saturated rings. The Bertz CT molecular complexity index is 600. The highest BCUT2D eigenvalue weighted by molar-refractivity contribution is 5.58. The zero-order valence-corrected chi connectivity index (χ0v) is 12.7. The summed E-state index contributed by atoms with van der Waals surface area (Å²) in [5, 5.41) is 10.6. The number of rotatable bonds is 5. The first kappa shape index (κ1) is 16.0. The minimum absolute atomic E-state index is 0.0121. The molecule has 0 aromatic heterocycles. The van der Waals surface area contributed by atoms with Crippen LogP contribution >= 0.6 is 0 Å². The smallest absolute Gasteiger partial charge is 0.269 e. The van der Waals surface area contributed by atoms with E-state index in [1.807, 2.05) is 0 Å². The van der Waals surface area contributed by atoms with Crippen LogP contribution in [0.2, 0.25) is 0 Å². The highest BCUT2D eigenvalue weighted by atomic mass is 16.8. The van der Waals surface area contributed by atoms with E-state index in [9.17, 15) is 14.9 Å². The number of non-ortho nitro benzene ring substituents is 1. The van der Waals surface area contributed by atoms with Gasteiger partial charge in [-0.15, -0.1) is 0 Å². The summed E-state index contributed by atoms with van der Waals surface area (Å²) in [6.07, 6.45) is -1.81. The fraction of sp³-hybridized carbons (Fsp3) is 0.533. The van der Waals surface area contributed by atoms with Gasteiger partial charge in [0.2, 0.25) is 0 Å². The monoisotopic (exact) mass is 323 g/mol. The Labute approximate surface area is 132 Å². The molecule has 2 heterocycles. The molecule has 1 aromatic rings. The van der Waals surface area contributed by atoms with Gasteiger partial charge in [0.15, 0.2) is 18.4 Å². The normalized spacial score (nSPS) is 31.7. The highest BCUT2D eigenvalue weighted by Gasteiger charge is 2.55. The second kappa shape index (κ2) is 5.97. The molecule has 0 amide bonds. The van der Waals surface area contributed by atoms with Crippen molar-refractivity contribution >= 4 is 12.0 Å². The zero-order chi connectivity index (χ0) is 16.6. The van der Waals surface area contributed by atoms with Gasteiger partial charge in [-0.3, -0.25) is 10.1 Å². The lowest BCUT2D eigenvalue weighted by molar-refractivity contribution is -0.384. The molecule has 0 bridgehead atoms. The molecule has 8 heteroatoms. The summed E-state index contributed by atoms with van der Waals surface area (Å²) in [6, 6.07) is 6.03. The van der Waals surface area contributed by atoms with E-state index in [0.717, 1.165) is 5.56 Å². The average Bonchev–Trinajstić information content (AvgIpc) is 2.97. The van der Waals surface area contributed by atoms with Crippen molar-refractivity contribution in [3.63, 3.8) is 0 Å². The summed E-state index contributed by atoms with van der Waals surface area (Å²) in [4.78, 5) is 21.3. The standard InChI is InChI=1S/C15H17NO7/c1-15(2)22-13-12(11(7-17)21-14(13)23-15)20-8-9-3-5-10(6-4-9)16(18)19/h3-7,11-14H,8H2,1-2H3/t11-,12+,13-,14-/m1/s1. The number of ether oxygens (including phenoxy) is 4. The Balaban J connectivity index is 1.66. The number of fused-ring (bicyclic) bond motifs is 1. The van der Waals surface area contributed by atoms with Gasteiger partial charge in [-0.25, -0.2) is 0 Å². The molecule has 23 heavy (non-hydrogen) atoms. The van der Waals surface area contributed by atoms with Crippen LogP contribution in [0.15, 0.2) is 24.3 Å². The molecule has 2 saturated heterocycles. The third-order valence-corrected chi connectivity index (χ3v) is 3.75. The number of nitrogens with zero attached hydrogens (tertiary/aromatic N) is 1. The first-order valence-electron chi connectivity index (χ1n) is 7.21. The van der Waals surface area contributed by atoms with E-state index in [0.29, 0.717) is 6.29 Å². The summed E-state index contributed by atoms with van der Waals surface area (Å²) < 4.78 is 22.6. The summed E-state index contributed by atoms with van der Waals surface area (Å²) in [7, 11) is 0. The lowest BCUT2D eigenvalue weighted by Crippen LogP contribution is -2.37. The summed E-state index contributed by atoms with van der Waals surface area (Å²) >= 11 is 0. The lowest BCUT2D eigenvalue weighted by atomic mass is 10.1. The van der Waals surface area contributed by atoms with Crippen molar-refractivity contribution in [1.29, 1.82) is 0 Å². The Morgan fingerprint density at radius 3 is 2.61 bits per heavy atom. The Hall–Kier alpha value is -1.87. The first-order valence-corrected chi connectivity index (χ1v) is 7.21. The summed E-state index contributed by atoms with van der Waals surface area (Å²) in [5.41, 5.74) is 0.764. The number of benzene rings is 1. The minimum atomic E-state index is -0.793. The number of hydrogen-bond acceptors (Lipinski definition) is 7. The fourth-order valence-corrected chi connectivity index (χ4v) is 2.71. The summed E-state index contributed by atoms with van der Waals surface area (Å²) in [5.74, 6) is -0.793. The lowest BCUT2D eigenvalue weighted by Gasteiger charge is -2.23.